The molecule has 0 saturated carbocycles. The summed E-state index contributed by atoms with van der Waals surface area (Å²) in [7, 11) is 0. The molecule has 2 aromatic rings. The maximum atomic E-state index is 14.1. The van der Waals surface area contributed by atoms with E-state index in [1.165, 1.54) is 24.3 Å². The van der Waals surface area contributed by atoms with Gasteiger partial charge in [-0.15, -0.1) is 0 Å². The third kappa shape index (κ3) is 2.76. The lowest BCUT2D eigenvalue weighted by molar-refractivity contribution is -0.387. The van der Waals surface area contributed by atoms with Crippen LogP contribution in [0, 0.1) is 15.9 Å². The van der Waals surface area contributed by atoms with E-state index in [1.807, 2.05) is 0 Å². The van der Waals surface area contributed by atoms with Crippen LogP contribution in [0.4, 0.5) is 18.9 Å². The van der Waals surface area contributed by atoms with Crippen LogP contribution < -0.4 is 0 Å². The van der Waals surface area contributed by atoms with Gasteiger partial charge < -0.3 is 0 Å². The van der Waals surface area contributed by atoms with Gasteiger partial charge in [0.25, 0.3) is 0 Å². The van der Waals surface area contributed by atoms with E-state index in [-0.39, 0.29) is 5.56 Å². The van der Waals surface area contributed by atoms with E-state index in [0.29, 0.717) is 18.2 Å². The molecule has 0 atom stereocenters. The smallest absolute Gasteiger partial charge is 0.287 e. The van der Waals surface area contributed by atoms with E-state index in [1.54, 1.807) is 6.07 Å². The van der Waals surface area contributed by atoms with Crippen molar-refractivity contribution in [3.63, 3.8) is 0 Å². The number of Topliss-reactive ketones (excluding diaryl/α,β-unsaturated/α-hetero) is 1. The van der Waals surface area contributed by atoms with Gasteiger partial charge in [0.15, 0.2) is 0 Å². The molecule has 7 heteroatoms. The largest absolute Gasteiger partial charge is 0.335 e. The van der Waals surface area contributed by atoms with Gasteiger partial charge >= 0.3 is 11.6 Å². The van der Waals surface area contributed by atoms with Crippen LogP contribution in [-0.4, -0.2) is 10.7 Å². The van der Waals surface area contributed by atoms with Gasteiger partial charge in [0.05, 0.1) is 4.92 Å². The minimum Gasteiger partial charge on any atom is -0.287 e. The molecular formula is C14H8F3NO3. The number of nitro benzene ring substituents is 1. The van der Waals surface area contributed by atoms with Crippen LogP contribution in [0.15, 0.2) is 48.5 Å². The quantitative estimate of drug-likeness (QED) is 0.491. The Morgan fingerprint density at radius 3 is 2.24 bits per heavy atom. The van der Waals surface area contributed by atoms with Gasteiger partial charge in [0, 0.05) is 17.2 Å². The summed E-state index contributed by atoms with van der Waals surface area (Å²) in [5.74, 6) is -6.90. The fraction of sp³-hybridized carbons (Fsp3) is 0.0714. The van der Waals surface area contributed by atoms with Crippen molar-refractivity contribution in [2.45, 2.75) is 5.92 Å². The van der Waals surface area contributed by atoms with Crippen molar-refractivity contribution in [2.75, 3.05) is 0 Å². The second-order valence-corrected chi connectivity index (χ2v) is 4.19. The molecule has 2 aromatic carbocycles. The van der Waals surface area contributed by atoms with Gasteiger partial charge in [-0.05, 0) is 12.1 Å². The molecule has 0 amide bonds. The van der Waals surface area contributed by atoms with Crippen LogP contribution >= 0.6 is 0 Å². The number of halogens is 3. The van der Waals surface area contributed by atoms with Crippen LogP contribution in [0.5, 0.6) is 0 Å². The highest BCUT2D eigenvalue weighted by Gasteiger charge is 2.42. The van der Waals surface area contributed by atoms with E-state index in [4.69, 9.17) is 0 Å². The van der Waals surface area contributed by atoms with Gasteiger partial charge in [-0.3, -0.25) is 14.9 Å². The molecule has 0 aromatic heterocycles. The van der Waals surface area contributed by atoms with Crippen LogP contribution in [0.2, 0.25) is 0 Å². The number of hydrogen-bond acceptors (Lipinski definition) is 3. The molecule has 0 spiro atoms. The van der Waals surface area contributed by atoms with E-state index >= 15 is 0 Å². The van der Waals surface area contributed by atoms with Crippen molar-refractivity contribution in [1.29, 1.82) is 0 Å². The first kappa shape index (κ1) is 14.7. The molecule has 0 bridgehead atoms. The lowest BCUT2D eigenvalue weighted by atomic mass is 9.98. The first-order valence-corrected chi connectivity index (χ1v) is 5.76. The predicted octanol–water partition coefficient (Wildman–Crippen LogP) is 3.71. The average Bonchev–Trinajstić information content (AvgIpc) is 2.46. The fourth-order valence-corrected chi connectivity index (χ4v) is 1.75. The third-order valence-corrected chi connectivity index (χ3v) is 2.83. The topological polar surface area (TPSA) is 60.2 Å². The summed E-state index contributed by atoms with van der Waals surface area (Å²) in [5.41, 5.74) is -2.09. The van der Waals surface area contributed by atoms with Gasteiger partial charge in [-0.1, -0.05) is 30.3 Å². The molecule has 0 N–H and O–H groups in total. The van der Waals surface area contributed by atoms with E-state index < -0.39 is 33.7 Å². The molecule has 0 aliphatic rings. The standard InChI is InChI=1S/C14H8F3NO3/c15-11-8-10(6-7-12(11)18(20)21)14(16,17)13(19)9-4-2-1-3-5-9/h1-8H. The number of nitrogens with zero attached hydrogens (tertiary/aromatic N) is 1. The normalized spacial score (nSPS) is 11.2. The SMILES string of the molecule is O=C(c1ccccc1)C(F)(F)c1ccc([N+](=O)[O-])c(F)c1. The Balaban J connectivity index is 2.42. The van der Waals surface area contributed by atoms with Crippen LogP contribution in [0.25, 0.3) is 0 Å². The summed E-state index contributed by atoms with van der Waals surface area (Å²) >= 11 is 0. The average molecular weight is 295 g/mol. The summed E-state index contributed by atoms with van der Waals surface area (Å²) in [5, 5.41) is 10.4. The van der Waals surface area contributed by atoms with Crippen LogP contribution in [0.1, 0.15) is 15.9 Å². The Morgan fingerprint density at radius 1 is 1.10 bits per heavy atom. The molecule has 2 rings (SSSR count). The molecule has 0 fully saturated rings. The van der Waals surface area contributed by atoms with Gasteiger partial charge in [-0.2, -0.15) is 13.2 Å². The maximum absolute atomic E-state index is 14.1. The molecule has 0 heterocycles. The zero-order valence-corrected chi connectivity index (χ0v) is 10.4. The number of alkyl halides is 2. The molecule has 0 unspecified atom stereocenters. The van der Waals surface area contributed by atoms with Crippen molar-refractivity contribution in [3.05, 3.63) is 75.6 Å². The number of hydrogen-bond donors (Lipinski definition) is 0. The molecular weight excluding hydrogens is 287 g/mol. The predicted molar refractivity (Wildman–Crippen MR) is 67.7 cm³/mol. The highest BCUT2D eigenvalue weighted by molar-refractivity contribution is 6.01. The summed E-state index contributed by atoms with van der Waals surface area (Å²) in [4.78, 5) is 21.2. The minimum absolute atomic E-state index is 0.235. The van der Waals surface area contributed by atoms with Crippen molar-refractivity contribution in [3.8, 4) is 0 Å². The Morgan fingerprint density at radius 2 is 1.71 bits per heavy atom. The van der Waals surface area contributed by atoms with Crippen molar-refractivity contribution in [1.82, 2.24) is 0 Å². The summed E-state index contributed by atoms with van der Waals surface area (Å²) < 4.78 is 41.5. The molecule has 0 aliphatic heterocycles. The van der Waals surface area contributed by atoms with Crippen LogP contribution in [0.3, 0.4) is 0 Å². The zero-order valence-electron chi connectivity index (χ0n) is 10.4. The van der Waals surface area contributed by atoms with Crippen molar-refractivity contribution >= 4 is 11.5 Å². The Hall–Kier alpha value is -2.70. The maximum Gasteiger partial charge on any atom is 0.335 e. The van der Waals surface area contributed by atoms with Crippen molar-refractivity contribution in [2.24, 2.45) is 0 Å². The molecule has 108 valence electrons. The van der Waals surface area contributed by atoms with E-state index in [9.17, 15) is 28.1 Å². The first-order chi connectivity index (χ1) is 9.84. The molecule has 0 aliphatic carbocycles. The number of nitro groups is 1. The number of carbonyl (C=O) groups is 1. The summed E-state index contributed by atoms with van der Waals surface area (Å²) in [6, 6.07) is 8.38. The Labute approximate surface area is 117 Å². The second kappa shape index (κ2) is 5.35. The Bertz CT molecular complexity index is 702. The molecule has 0 radical (unpaired) electrons. The number of ketones is 1. The lowest BCUT2D eigenvalue weighted by Gasteiger charge is -2.15. The fourth-order valence-electron chi connectivity index (χ4n) is 1.75. The summed E-state index contributed by atoms with van der Waals surface area (Å²) in [6.45, 7) is 0. The van der Waals surface area contributed by atoms with Gasteiger partial charge in [-0.25, -0.2) is 0 Å². The minimum atomic E-state index is -3.97. The van der Waals surface area contributed by atoms with Gasteiger partial charge in [0.1, 0.15) is 0 Å². The third-order valence-electron chi connectivity index (χ3n) is 2.83. The molecule has 0 saturated heterocycles. The highest BCUT2D eigenvalue weighted by atomic mass is 19.3. The molecule has 4 nitrogen and oxygen atoms in total. The van der Waals surface area contributed by atoms with E-state index in [0.717, 1.165) is 0 Å². The molecule has 21 heavy (non-hydrogen) atoms. The Kier molecular flexibility index (Phi) is 3.75. The first-order valence-electron chi connectivity index (χ1n) is 5.76. The monoisotopic (exact) mass is 295 g/mol. The number of rotatable bonds is 4. The highest BCUT2D eigenvalue weighted by Crippen LogP contribution is 2.34. The number of carbonyl (C=O) groups excluding carboxylic acids is 1. The van der Waals surface area contributed by atoms with E-state index in [2.05, 4.69) is 0 Å². The zero-order chi connectivity index (χ0) is 15.6. The van der Waals surface area contributed by atoms with Crippen LogP contribution in [-0.2, 0) is 5.92 Å². The lowest BCUT2D eigenvalue weighted by Crippen LogP contribution is -2.26. The van der Waals surface area contributed by atoms with Gasteiger partial charge in [0.2, 0.25) is 11.6 Å². The summed E-state index contributed by atoms with van der Waals surface area (Å²) in [6.07, 6.45) is 0. The second-order valence-electron chi connectivity index (χ2n) is 4.19. The number of benzene rings is 2. The van der Waals surface area contributed by atoms with Crippen molar-refractivity contribution < 1.29 is 22.9 Å².